The normalized spacial score (nSPS) is 10.3. The maximum absolute atomic E-state index is 11.7. The summed E-state index contributed by atoms with van der Waals surface area (Å²) in [6, 6.07) is 12.7. The van der Waals surface area contributed by atoms with Gasteiger partial charge in [-0.3, -0.25) is 0 Å². The third kappa shape index (κ3) is 3.69. The number of halogens is 2. The van der Waals surface area contributed by atoms with E-state index in [9.17, 15) is 4.79 Å². The molecule has 0 fully saturated rings. The molecule has 0 N–H and O–H groups in total. The van der Waals surface area contributed by atoms with E-state index in [2.05, 4.69) is 0 Å². The van der Waals surface area contributed by atoms with Gasteiger partial charge >= 0.3 is 5.97 Å². The fourth-order valence-corrected chi connectivity index (χ4v) is 3.20. The molecule has 2 aromatic rings. The highest BCUT2D eigenvalue weighted by Crippen LogP contribution is 2.32. The average Bonchev–Trinajstić information content (AvgIpc) is 2.47. The van der Waals surface area contributed by atoms with Crippen molar-refractivity contribution >= 4 is 40.9 Å². The summed E-state index contributed by atoms with van der Waals surface area (Å²) in [5.74, 6) is 0.282. The minimum atomic E-state index is -0.335. The Kier molecular flexibility index (Phi) is 5.35. The first-order valence-corrected chi connectivity index (χ1v) is 7.60. The van der Waals surface area contributed by atoms with Crippen LogP contribution in [-0.4, -0.2) is 13.1 Å². The first-order chi connectivity index (χ1) is 9.61. The molecule has 0 heterocycles. The number of methoxy groups -OCH3 is 1. The summed E-state index contributed by atoms with van der Waals surface area (Å²) in [5, 5.41) is 1.29. The van der Waals surface area contributed by atoms with Crippen molar-refractivity contribution in [2.75, 3.05) is 7.11 Å². The van der Waals surface area contributed by atoms with Crippen LogP contribution in [0.25, 0.3) is 0 Å². The Morgan fingerprint density at radius 3 is 2.70 bits per heavy atom. The van der Waals surface area contributed by atoms with E-state index >= 15 is 0 Å². The second-order valence-electron chi connectivity index (χ2n) is 4.01. The quantitative estimate of drug-likeness (QED) is 0.579. The smallest absolute Gasteiger partial charge is 0.338 e. The molecule has 2 aromatic carbocycles. The Morgan fingerprint density at radius 1 is 1.20 bits per heavy atom. The van der Waals surface area contributed by atoms with E-state index in [1.807, 2.05) is 24.3 Å². The Morgan fingerprint density at radius 2 is 1.95 bits per heavy atom. The first kappa shape index (κ1) is 15.2. The summed E-state index contributed by atoms with van der Waals surface area (Å²) in [5.41, 5.74) is 1.47. The maximum atomic E-state index is 11.7. The molecular weight excluding hydrogens is 315 g/mol. The predicted molar refractivity (Wildman–Crippen MR) is 83.8 cm³/mol. The van der Waals surface area contributed by atoms with Crippen LogP contribution in [0.15, 0.2) is 47.4 Å². The number of rotatable bonds is 4. The Hall–Kier alpha value is -1.16. The number of benzene rings is 2. The van der Waals surface area contributed by atoms with Gasteiger partial charge in [-0.2, -0.15) is 0 Å². The van der Waals surface area contributed by atoms with Gasteiger partial charge in [-0.15, -0.1) is 11.8 Å². The van der Waals surface area contributed by atoms with Crippen LogP contribution in [0.1, 0.15) is 15.9 Å². The molecular formula is C15H12Cl2O2S. The Labute approximate surface area is 132 Å². The van der Waals surface area contributed by atoms with Crippen molar-refractivity contribution < 1.29 is 9.53 Å². The van der Waals surface area contributed by atoms with Crippen LogP contribution in [0.4, 0.5) is 0 Å². The van der Waals surface area contributed by atoms with Gasteiger partial charge in [0.1, 0.15) is 0 Å². The van der Waals surface area contributed by atoms with E-state index < -0.39 is 0 Å². The van der Waals surface area contributed by atoms with Gasteiger partial charge < -0.3 is 4.74 Å². The second kappa shape index (κ2) is 7.02. The van der Waals surface area contributed by atoms with Crippen LogP contribution in [0.2, 0.25) is 10.0 Å². The summed E-state index contributed by atoms with van der Waals surface area (Å²) < 4.78 is 4.78. The van der Waals surface area contributed by atoms with Crippen molar-refractivity contribution in [3.63, 3.8) is 0 Å². The molecule has 2 nitrogen and oxygen atoms in total. The zero-order chi connectivity index (χ0) is 14.5. The maximum Gasteiger partial charge on any atom is 0.338 e. The Balaban J connectivity index is 2.19. The van der Waals surface area contributed by atoms with Gasteiger partial charge in [-0.25, -0.2) is 4.79 Å². The topological polar surface area (TPSA) is 26.3 Å². The molecule has 0 radical (unpaired) electrons. The zero-order valence-electron chi connectivity index (χ0n) is 10.7. The van der Waals surface area contributed by atoms with E-state index in [0.29, 0.717) is 21.4 Å². The molecule has 2 rings (SSSR count). The van der Waals surface area contributed by atoms with Crippen molar-refractivity contribution in [3.8, 4) is 0 Å². The molecule has 0 bridgehead atoms. The number of esters is 1. The SMILES string of the molecule is COC(=O)c1ccccc1CSc1cc(Cl)ccc1Cl. The molecule has 0 aliphatic rings. The summed E-state index contributed by atoms with van der Waals surface area (Å²) in [6.07, 6.45) is 0. The van der Waals surface area contributed by atoms with E-state index in [1.54, 1.807) is 18.2 Å². The van der Waals surface area contributed by atoms with Crippen molar-refractivity contribution in [1.29, 1.82) is 0 Å². The third-order valence-corrected chi connectivity index (χ3v) is 4.48. The highest BCUT2D eigenvalue weighted by molar-refractivity contribution is 7.98. The Bertz CT molecular complexity index is 629. The molecule has 0 saturated heterocycles. The van der Waals surface area contributed by atoms with Gasteiger partial charge in [-0.05, 0) is 29.8 Å². The van der Waals surface area contributed by atoms with Crippen LogP contribution in [0, 0.1) is 0 Å². The van der Waals surface area contributed by atoms with E-state index in [-0.39, 0.29) is 5.97 Å². The summed E-state index contributed by atoms with van der Waals surface area (Å²) in [4.78, 5) is 12.6. The molecule has 0 unspecified atom stereocenters. The summed E-state index contributed by atoms with van der Waals surface area (Å²) in [7, 11) is 1.38. The summed E-state index contributed by atoms with van der Waals surface area (Å²) >= 11 is 13.6. The van der Waals surface area contributed by atoms with Crippen molar-refractivity contribution in [2.24, 2.45) is 0 Å². The van der Waals surface area contributed by atoms with Gasteiger partial charge in [-0.1, -0.05) is 41.4 Å². The lowest BCUT2D eigenvalue weighted by Crippen LogP contribution is -2.04. The average molecular weight is 327 g/mol. The second-order valence-corrected chi connectivity index (χ2v) is 5.87. The number of carbonyl (C=O) groups is 1. The van der Waals surface area contributed by atoms with Crippen LogP contribution in [0.3, 0.4) is 0 Å². The molecule has 0 spiro atoms. The highest BCUT2D eigenvalue weighted by atomic mass is 35.5. The molecule has 0 atom stereocenters. The van der Waals surface area contributed by atoms with Gasteiger partial charge in [0.15, 0.2) is 0 Å². The van der Waals surface area contributed by atoms with Gasteiger partial charge in [0, 0.05) is 15.7 Å². The number of hydrogen-bond acceptors (Lipinski definition) is 3. The molecule has 20 heavy (non-hydrogen) atoms. The largest absolute Gasteiger partial charge is 0.465 e. The van der Waals surface area contributed by atoms with Crippen molar-refractivity contribution in [1.82, 2.24) is 0 Å². The standard InChI is InChI=1S/C15H12Cl2O2S/c1-19-15(18)12-5-3-2-4-10(12)9-20-14-8-11(16)6-7-13(14)17/h2-8H,9H2,1H3. The monoisotopic (exact) mass is 326 g/mol. The van der Waals surface area contributed by atoms with Crippen LogP contribution in [0.5, 0.6) is 0 Å². The van der Waals surface area contributed by atoms with Gasteiger partial charge in [0.2, 0.25) is 0 Å². The zero-order valence-corrected chi connectivity index (χ0v) is 13.1. The van der Waals surface area contributed by atoms with Crippen LogP contribution in [-0.2, 0) is 10.5 Å². The molecule has 5 heteroatoms. The van der Waals surface area contributed by atoms with Crippen LogP contribution >= 0.6 is 35.0 Å². The fraction of sp³-hybridized carbons (Fsp3) is 0.133. The van der Waals surface area contributed by atoms with E-state index in [4.69, 9.17) is 27.9 Å². The molecule has 0 aliphatic heterocycles. The molecule has 0 aromatic heterocycles. The lowest BCUT2D eigenvalue weighted by molar-refractivity contribution is 0.0600. The molecule has 0 aliphatic carbocycles. The van der Waals surface area contributed by atoms with Gasteiger partial charge in [0.05, 0.1) is 17.7 Å². The van der Waals surface area contributed by atoms with E-state index in [0.717, 1.165) is 10.5 Å². The highest BCUT2D eigenvalue weighted by Gasteiger charge is 2.11. The number of thioether (sulfide) groups is 1. The fourth-order valence-electron chi connectivity index (χ4n) is 1.70. The lowest BCUT2D eigenvalue weighted by atomic mass is 10.1. The van der Waals surface area contributed by atoms with Crippen molar-refractivity contribution in [3.05, 3.63) is 63.6 Å². The molecule has 0 amide bonds. The van der Waals surface area contributed by atoms with Crippen molar-refractivity contribution in [2.45, 2.75) is 10.6 Å². The third-order valence-electron chi connectivity index (χ3n) is 2.70. The van der Waals surface area contributed by atoms with Gasteiger partial charge in [0.25, 0.3) is 0 Å². The number of hydrogen-bond donors (Lipinski definition) is 0. The van der Waals surface area contributed by atoms with E-state index in [1.165, 1.54) is 18.9 Å². The predicted octanol–water partition coefficient (Wildman–Crippen LogP) is 5.07. The summed E-state index contributed by atoms with van der Waals surface area (Å²) in [6.45, 7) is 0. The molecule has 104 valence electrons. The minimum Gasteiger partial charge on any atom is -0.465 e. The number of ether oxygens (including phenoxy) is 1. The minimum absolute atomic E-state index is 0.335. The molecule has 0 saturated carbocycles. The number of carbonyl (C=O) groups excluding carboxylic acids is 1. The van der Waals surface area contributed by atoms with Crippen LogP contribution < -0.4 is 0 Å². The lowest BCUT2D eigenvalue weighted by Gasteiger charge is -2.08. The first-order valence-electron chi connectivity index (χ1n) is 5.86.